The fraction of sp³-hybridized carbons (Fsp3) is 0.250. The van der Waals surface area contributed by atoms with Crippen molar-refractivity contribution in [2.45, 2.75) is 6.82 Å². The molecule has 0 unspecified atom stereocenters. The molecule has 0 aliphatic heterocycles. The van der Waals surface area contributed by atoms with Gasteiger partial charge < -0.3 is 0 Å². The van der Waals surface area contributed by atoms with Gasteiger partial charge in [0, 0.05) is 0 Å². The minimum atomic E-state index is 0.793. The molecular formula is C4H7B2N3. The van der Waals surface area contributed by atoms with Crippen LogP contribution in [0.3, 0.4) is 0 Å². The molecule has 0 radical (unpaired) electrons. The predicted molar refractivity (Wildman–Crippen MR) is 40.7 cm³/mol. The highest BCUT2D eigenvalue weighted by atomic mass is 15.0. The molecule has 9 heavy (non-hydrogen) atoms. The average Bonchev–Trinajstić information content (AvgIpc) is 1.88. The summed E-state index contributed by atoms with van der Waals surface area (Å²) in [4.78, 5) is 11.9. The molecule has 0 aromatic carbocycles. The van der Waals surface area contributed by atoms with Crippen molar-refractivity contribution >= 4 is 26.6 Å². The lowest BCUT2D eigenvalue weighted by Crippen LogP contribution is -2.29. The first-order valence-electron chi connectivity index (χ1n) is 2.97. The largest absolute Gasteiger partial charge is 0.241 e. The predicted octanol–water partition coefficient (Wildman–Crippen LogP) is -2.76. The van der Waals surface area contributed by atoms with Crippen LogP contribution in [0.5, 0.6) is 0 Å². The molecule has 0 aliphatic rings. The van der Waals surface area contributed by atoms with Crippen LogP contribution in [0.1, 0.15) is 0 Å². The van der Waals surface area contributed by atoms with E-state index in [1.54, 1.807) is 6.33 Å². The quantitative estimate of drug-likeness (QED) is 0.375. The van der Waals surface area contributed by atoms with Crippen LogP contribution in [0, 0.1) is 0 Å². The molecule has 0 bridgehead atoms. The van der Waals surface area contributed by atoms with Gasteiger partial charge >= 0.3 is 0 Å². The normalized spacial score (nSPS) is 9.00. The topological polar surface area (TPSA) is 38.7 Å². The number of nitrogens with zero attached hydrogens (tertiary/aromatic N) is 3. The summed E-state index contributed by atoms with van der Waals surface area (Å²) in [6, 6.07) is 0. The van der Waals surface area contributed by atoms with Gasteiger partial charge in [0.25, 0.3) is 0 Å². The second kappa shape index (κ2) is 2.62. The van der Waals surface area contributed by atoms with Gasteiger partial charge in [-0.05, 0) is 0 Å². The maximum atomic E-state index is 4.07. The summed E-state index contributed by atoms with van der Waals surface area (Å²) in [5, 5.41) is 0. The molecule has 0 amide bonds. The van der Waals surface area contributed by atoms with Crippen LogP contribution in [0.4, 0.5) is 0 Å². The standard InChI is InChI=1S/C4H7B2N3/c1-6-4-8-2-7-3(5)9-4/h2,6H,5H2,1H3. The van der Waals surface area contributed by atoms with Crippen LogP contribution in [-0.2, 0) is 0 Å². The Bertz CT molecular complexity index is 203. The van der Waals surface area contributed by atoms with E-state index < -0.39 is 0 Å². The van der Waals surface area contributed by atoms with Gasteiger partial charge in [0.15, 0.2) is 7.85 Å². The minimum Gasteiger partial charge on any atom is -0.241 e. The van der Waals surface area contributed by atoms with Crippen LogP contribution in [-0.4, -0.2) is 30.1 Å². The number of hydrogen-bond donors (Lipinski definition) is 0. The Kier molecular flexibility index (Phi) is 1.82. The van der Waals surface area contributed by atoms with Gasteiger partial charge in [0.05, 0.1) is 11.4 Å². The van der Waals surface area contributed by atoms with Gasteiger partial charge in [-0.2, -0.15) is 0 Å². The number of aromatic nitrogens is 3. The van der Waals surface area contributed by atoms with Gasteiger partial charge in [-0.1, -0.05) is 6.82 Å². The zero-order valence-electron chi connectivity index (χ0n) is 5.63. The second-order valence-electron chi connectivity index (χ2n) is 1.80. The maximum Gasteiger partial charge on any atom is 0.204 e. The van der Waals surface area contributed by atoms with Crippen LogP contribution in [0.25, 0.3) is 0 Å². The molecule has 1 aromatic heterocycles. The van der Waals surface area contributed by atoms with E-state index in [1.165, 1.54) is 0 Å². The molecule has 1 heterocycles. The molecular weight excluding hydrogens is 112 g/mol. The van der Waals surface area contributed by atoms with E-state index in [0.717, 1.165) is 18.7 Å². The van der Waals surface area contributed by atoms with E-state index in [-0.39, 0.29) is 0 Å². The molecule has 1 aromatic rings. The van der Waals surface area contributed by atoms with Crippen molar-refractivity contribution in [3.8, 4) is 0 Å². The summed E-state index contributed by atoms with van der Waals surface area (Å²) in [5.41, 5.74) is 1.66. The lowest BCUT2D eigenvalue weighted by molar-refractivity contribution is 1.13. The molecule has 0 N–H and O–H groups in total. The first kappa shape index (κ1) is 6.26. The van der Waals surface area contributed by atoms with Crippen molar-refractivity contribution < 1.29 is 0 Å². The summed E-state index contributed by atoms with van der Waals surface area (Å²) < 4.78 is 0. The summed E-state index contributed by atoms with van der Waals surface area (Å²) in [7, 11) is 2.74. The van der Waals surface area contributed by atoms with Crippen LogP contribution >= 0.6 is 0 Å². The summed E-state index contributed by atoms with van der Waals surface area (Å²) in [6.07, 6.45) is 1.54. The zero-order valence-corrected chi connectivity index (χ0v) is 5.63. The van der Waals surface area contributed by atoms with Gasteiger partial charge in [0.1, 0.15) is 6.33 Å². The molecule has 0 spiro atoms. The van der Waals surface area contributed by atoms with E-state index in [1.807, 2.05) is 14.7 Å². The summed E-state index contributed by atoms with van der Waals surface area (Å²) >= 11 is 0. The Morgan fingerprint density at radius 2 is 2.33 bits per heavy atom. The molecule has 0 aliphatic carbocycles. The van der Waals surface area contributed by atoms with E-state index >= 15 is 0 Å². The van der Waals surface area contributed by atoms with E-state index in [4.69, 9.17) is 0 Å². The lowest BCUT2D eigenvalue weighted by atomic mass is 9.81. The van der Waals surface area contributed by atoms with Crippen LogP contribution < -0.4 is 11.4 Å². The third kappa shape index (κ3) is 1.52. The fourth-order valence-corrected chi connectivity index (χ4v) is 0.594. The van der Waals surface area contributed by atoms with Crippen molar-refractivity contribution in [3.05, 3.63) is 6.33 Å². The summed E-state index contributed by atoms with van der Waals surface area (Å²) in [6.45, 7) is 2.02. The van der Waals surface area contributed by atoms with Gasteiger partial charge in [-0.25, -0.2) is 15.0 Å². The third-order valence-corrected chi connectivity index (χ3v) is 1.06. The zero-order chi connectivity index (χ0) is 6.69. The van der Waals surface area contributed by atoms with Crippen molar-refractivity contribution in [1.82, 2.24) is 15.0 Å². The second-order valence-corrected chi connectivity index (χ2v) is 1.80. The molecule has 1 rings (SSSR count). The van der Waals surface area contributed by atoms with Crippen LogP contribution in [0.2, 0.25) is 6.82 Å². The molecule has 0 saturated heterocycles. The Morgan fingerprint density at radius 1 is 1.56 bits per heavy atom. The van der Waals surface area contributed by atoms with Crippen LogP contribution in [0.15, 0.2) is 6.33 Å². The molecule has 0 fully saturated rings. The van der Waals surface area contributed by atoms with E-state index in [2.05, 4.69) is 15.0 Å². The average molecular weight is 119 g/mol. The molecule has 0 atom stereocenters. The highest BCUT2D eigenvalue weighted by Crippen LogP contribution is 1.57. The molecule has 3 nitrogen and oxygen atoms in total. The SMILES string of the molecule is Bc1ncnc(BC)n1. The Morgan fingerprint density at radius 3 is 2.78 bits per heavy atom. The van der Waals surface area contributed by atoms with Gasteiger partial charge in [-0.3, -0.25) is 0 Å². The van der Waals surface area contributed by atoms with Crippen molar-refractivity contribution in [1.29, 1.82) is 0 Å². The minimum absolute atomic E-state index is 0.793. The lowest BCUT2D eigenvalue weighted by Gasteiger charge is -1.92. The smallest absolute Gasteiger partial charge is 0.204 e. The third-order valence-electron chi connectivity index (χ3n) is 1.06. The summed E-state index contributed by atoms with van der Waals surface area (Å²) in [5.74, 6) is 0. The van der Waals surface area contributed by atoms with Crippen molar-refractivity contribution in [2.75, 3.05) is 0 Å². The number of rotatable bonds is 1. The monoisotopic (exact) mass is 119 g/mol. The first-order chi connectivity index (χ1) is 4.33. The molecule has 44 valence electrons. The Hall–Kier alpha value is -0.860. The van der Waals surface area contributed by atoms with Crippen molar-refractivity contribution in [3.63, 3.8) is 0 Å². The van der Waals surface area contributed by atoms with E-state index in [9.17, 15) is 0 Å². The number of hydrogen-bond acceptors (Lipinski definition) is 3. The van der Waals surface area contributed by atoms with Gasteiger partial charge in [0.2, 0.25) is 7.28 Å². The highest BCUT2D eigenvalue weighted by molar-refractivity contribution is 6.50. The maximum absolute atomic E-state index is 4.07. The Balaban J connectivity index is 2.94. The van der Waals surface area contributed by atoms with Crippen molar-refractivity contribution in [2.24, 2.45) is 0 Å². The Labute approximate surface area is 55.6 Å². The fourth-order valence-electron chi connectivity index (χ4n) is 0.594. The molecule has 0 saturated carbocycles. The van der Waals surface area contributed by atoms with Gasteiger partial charge in [-0.15, -0.1) is 0 Å². The van der Waals surface area contributed by atoms with E-state index in [0.29, 0.717) is 0 Å². The molecule has 5 heteroatoms. The first-order valence-corrected chi connectivity index (χ1v) is 2.97. The highest BCUT2D eigenvalue weighted by Gasteiger charge is 1.91.